The molecule has 1 heterocycles. The Hall–Kier alpha value is -2.11. The van der Waals surface area contributed by atoms with Crippen LogP contribution in [-0.2, 0) is 11.3 Å². The maximum absolute atomic E-state index is 11.7. The van der Waals surface area contributed by atoms with Gasteiger partial charge < -0.3 is 9.15 Å². The van der Waals surface area contributed by atoms with Crippen molar-refractivity contribution in [1.82, 2.24) is 5.43 Å². The number of carbonyl (C=O) groups is 1. The molecule has 0 radical (unpaired) electrons. The van der Waals surface area contributed by atoms with Crippen LogP contribution in [0.25, 0.3) is 11.0 Å². The number of amides is 1. The fourth-order valence-corrected chi connectivity index (χ4v) is 1.83. The normalized spacial score (nSPS) is 10.6. The summed E-state index contributed by atoms with van der Waals surface area (Å²) in [5.41, 5.74) is 3.43. The van der Waals surface area contributed by atoms with E-state index in [0.29, 0.717) is 24.4 Å². The maximum Gasteiger partial charge on any atom is 0.301 e. The molecule has 1 amide bonds. The molecule has 3 N–H and O–H groups in total. The Morgan fingerprint density at radius 1 is 1.47 bits per heavy atom. The first-order chi connectivity index (χ1) is 9.27. The SMILES string of the molecule is C=CCCOCc1c(C(=O)NN)oc2ccccc12. The molecule has 2 aromatic rings. The summed E-state index contributed by atoms with van der Waals surface area (Å²) in [4.78, 5) is 11.7. The highest BCUT2D eigenvalue weighted by molar-refractivity contribution is 5.98. The van der Waals surface area contributed by atoms with Gasteiger partial charge in [0, 0.05) is 10.9 Å². The molecule has 1 aromatic heterocycles. The van der Waals surface area contributed by atoms with Gasteiger partial charge in [-0.25, -0.2) is 5.84 Å². The van der Waals surface area contributed by atoms with Crippen LogP contribution in [0.2, 0.25) is 0 Å². The van der Waals surface area contributed by atoms with Gasteiger partial charge in [0.15, 0.2) is 5.76 Å². The number of para-hydroxylation sites is 1. The Morgan fingerprint density at radius 3 is 3.00 bits per heavy atom. The van der Waals surface area contributed by atoms with E-state index in [0.717, 1.165) is 11.8 Å². The average molecular weight is 260 g/mol. The van der Waals surface area contributed by atoms with E-state index in [-0.39, 0.29) is 5.76 Å². The fraction of sp³-hybridized carbons (Fsp3) is 0.214. The van der Waals surface area contributed by atoms with Gasteiger partial charge in [0.2, 0.25) is 0 Å². The second-order valence-corrected chi connectivity index (χ2v) is 4.01. The van der Waals surface area contributed by atoms with Crippen LogP contribution in [0, 0.1) is 0 Å². The van der Waals surface area contributed by atoms with Crippen molar-refractivity contribution in [3.63, 3.8) is 0 Å². The number of benzene rings is 1. The minimum absolute atomic E-state index is 0.197. The van der Waals surface area contributed by atoms with Gasteiger partial charge in [-0.3, -0.25) is 10.2 Å². The Balaban J connectivity index is 2.31. The van der Waals surface area contributed by atoms with Crippen molar-refractivity contribution in [3.8, 4) is 0 Å². The number of ether oxygens (including phenoxy) is 1. The third-order valence-electron chi connectivity index (χ3n) is 2.75. The first kappa shape index (κ1) is 13.3. The second-order valence-electron chi connectivity index (χ2n) is 4.01. The number of furan rings is 1. The highest BCUT2D eigenvalue weighted by Gasteiger charge is 2.19. The molecule has 1 aromatic carbocycles. The molecule has 0 atom stereocenters. The van der Waals surface area contributed by atoms with Crippen molar-refractivity contribution in [1.29, 1.82) is 0 Å². The van der Waals surface area contributed by atoms with E-state index in [4.69, 9.17) is 15.0 Å². The van der Waals surface area contributed by atoms with Crippen LogP contribution >= 0.6 is 0 Å². The lowest BCUT2D eigenvalue weighted by atomic mass is 10.1. The number of carbonyl (C=O) groups excluding carboxylic acids is 1. The zero-order chi connectivity index (χ0) is 13.7. The highest BCUT2D eigenvalue weighted by atomic mass is 16.5. The number of hydrogen-bond acceptors (Lipinski definition) is 4. The van der Waals surface area contributed by atoms with Gasteiger partial charge in [-0.2, -0.15) is 0 Å². The first-order valence-corrected chi connectivity index (χ1v) is 5.98. The molecule has 0 saturated heterocycles. The Labute approximate surface area is 111 Å². The zero-order valence-electron chi connectivity index (χ0n) is 10.5. The lowest BCUT2D eigenvalue weighted by molar-refractivity contribution is 0.0912. The third kappa shape index (κ3) is 2.83. The van der Waals surface area contributed by atoms with E-state index in [2.05, 4.69) is 12.0 Å². The lowest BCUT2D eigenvalue weighted by Gasteiger charge is -2.03. The summed E-state index contributed by atoms with van der Waals surface area (Å²) < 4.78 is 11.0. The summed E-state index contributed by atoms with van der Waals surface area (Å²) in [6.07, 6.45) is 2.54. The molecule has 5 nitrogen and oxygen atoms in total. The Kier molecular flexibility index (Phi) is 4.33. The largest absolute Gasteiger partial charge is 0.450 e. The van der Waals surface area contributed by atoms with Gasteiger partial charge in [-0.1, -0.05) is 24.3 Å². The molecule has 19 heavy (non-hydrogen) atoms. The van der Waals surface area contributed by atoms with Crippen molar-refractivity contribution in [2.75, 3.05) is 6.61 Å². The molecule has 2 rings (SSSR count). The molecule has 0 aliphatic heterocycles. The molecule has 100 valence electrons. The summed E-state index contributed by atoms with van der Waals surface area (Å²) in [7, 11) is 0. The van der Waals surface area contributed by atoms with E-state index in [1.807, 2.05) is 18.2 Å². The van der Waals surface area contributed by atoms with Gasteiger partial charge >= 0.3 is 5.91 Å². The summed E-state index contributed by atoms with van der Waals surface area (Å²) in [5.74, 6) is 4.89. The van der Waals surface area contributed by atoms with Crippen LogP contribution in [0.3, 0.4) is 0 Å². The van der Waals surface area contributed by atoms with E-state index in [1.165, 1.54) is 0 Å². The number of fused-ring (bicyclic) bond motifs is 1. The van der Waals surface area contributed by atoms with Crippen molar-refractivity contribution in [2.24, 2.45) is 5.84 Å². The van der Waals surface area contributed by atoms with Gasteiger partial charge in [-0.15, -0.1) is 6.58 Å². The standard InChI is InChI=1S/C14H16N2O3/c1-2-3-8-18-9-11-10-6-4-5-7-12(10)19-13(11)14(17)16-15/h2,4-7H,1,3,8-9,15H2,(H,16,17). The molecule has 0 aliphatic carbocycles. The lowest BCUT2D eigenvalue weighted by Crippen LogP contribution is -2.30. The molecule has 0 unspecified atom stereocenters. The number of nitrogens with one attached hydrogen (secondary N) is 1. The molecule has 0 bridgehead atoms. The minimum atomic E-state index is -0.460. The molecular weight excluding hydrogens is 244 g/mol. The van der Waals surface area contributed by atoms with Crippen molar-refractivity contribution < 1.29 is 13.9 Å². The number of hydrogen-bond donors (Lipinski definition) is 2. The first-order valence-electron chi connectivity index (χ1n) is 5.98. The number of rotatable bonds is 6. The molecule has 0 saturated carbocycles. The summed E-state index contributed by atoms with van der Waals surface area (Å²) in [6, 6.07) is 7.42. The van der Waals surface area contributed by atoms with Crippen LogP contribution in [-0.4, -0.2) is 12.5 Å². The van der Waals surface area contributed by atoms with Crippen molar-refractivity contribution >= 4 is 16.9 Å². The Bertz CT molecular complexity index is 589. The quantitative estimate of drug-likeness (QED) is 0.274. The summed E-state index contributed by atoms with van der Waals surface area (Å²) in [5, 5.41) is 0.861. The van der Waals surface area contributed by atoms with Gasteiger partial charge in [0.05, 0.1) is 13.2 Å². The van der Waals surface area contributed by atoms with E-state index in [9.17, 15) is 4.79 Å². The highest BCUT2D eigenvalue weighted by Crippen LogP contribution is 2.26. The van der Waals surface area contributed by atoms with Gasteiger partial charge in [0.25, 0.3) is 0 Å². The summed E-state index contributed by atoms with van der Waals surface area (Å²) in [6.45, 7) is 4.47. The van der Waals surface area contributed by atoms with Crippen LogP contribution in [0.5, 0.6) is 0 Å². The van der Waals surface area contributed by atoms with Gasteiger partial charge in [0.1, 0.15) is 5.58 Å². The molecule has 5 heteroatoms. The predicted molar refractivity (Wildman–Crippen MR) is 72.3 cm³/mol. The van der Waals surface area contributed by atoms with Crippen LogP contribution in [0.4, 0.5) is 0 Å². The van der Waals surface area contributed by atoms with Crippen LogP contribution < -0.4 is 11.3 Å². The molecule has 0 spiro atoms. The average Bonchev–Trinajstić information content (AvgIpc) is 2.81. The maximum atomic E-state index is 11.7. The topological polar surface area (TPSA) is 77.5 Å². The summed E-state index contributed by atoms with van der Waals surface area (Å²) >= 11 is 0. The minimum Gasteiger partial charge on any atom is -0.450 e. The van der Waals surface area contributed by atoms with E-state index < -0.39 is 5.91 Å². The second kappa shape index (κ2) is 6.17. The molecular formula is C14H16N2O3. The monoisotopic (exact) mass is 260 g/mol. The van der Waals surface area contributed by atoms with Crippen molar-refractivity contribution in [2.45, 2.75) is 13.0 Å². The number of nitrogens with two attached hydrogens (primary N) is 1. The number of nitrogen functional groups attached to an aromatic ring is 1. The van der Waals surface area contributed by atoms with Crippen LogP contribution in [0.15, 0.2) is 41.3 Å². The molecule has 0 aliphatic rings. The predicted octanol–water partition coefficient (Wildman–Crippen LogP) is 2.13. The smallest absolute Gasteiger partial charge is 0.301 e. The van der Waals surface area contributed by atoms with E-state index in [1.54, 1.807) is 12.1 Å². The Morgan fingerprint density at radius 2 is 2.26 bits per heavy atom. The third-order valence-corrected chi connectivity index (χ3v) is 2.75. The number of hydrazine groups is 1. The molecule has 0 fully saturated rings. The van der Waals surface area contributed by atoms with Crippen molar-refractivity contribution in [3.05, 3.63) is 48.2 Å². The van der Waals surface area contributed by atoms with E-state index >= 15 is 0 Å². The van der Waals surface area contributed by atoms with Gasteiger partial charge in [-0.05, 0) is 12.5 Å². The zero-order valence-corrected chi connectivity index (χ0v) is 10.5. The van der Waals surface area contributed by atoms with Crippen LogP contribution in [0.1, 0.15) is 22.5 Å². The fourth-order valence-electron chi connectivity index (χ4n) is 1.83.